The van der Waals surface area contributed by atoms with Gasteiger partial charge in [-0.05, 0) is 93.2 Å². The molecular weight excluding hydrogens is 372 g/mol. The molecule has 1 aromatic carbocycles. The second-order valence-corrected chi connectivity index (χ2v) is 11.3. The molecule has 0 aliphatic heterocycles. The van der Waals surface area contributed by atoms with Crippen molar-refractivity contribution in [2.45, 2.75) is 69.7 Å². The Morgan fingerprint density at radius 2 is 1.75 bits per heavy atom. The van der Waals surface area contributed by atoms with Crippen molar-refractivity contribution in [3.05, 3.63) is 29.8 Å². The van der Waals surface area contributed by atoms with Gasteiger partial charge in [0.1, 0.15) is 0 Å². The number of rotatable bonds is 7. The van der Waals surface area contributed by atoms with Gasteiger partial charge in [0.15, 0.2) is 0 Å². The number of amides is 1. The van der Waals surface area contributed by atoms with E-state index in [2.05, 4.69) is 10.0 Å². The quantitative estimate of drug-likeness (QED) is 0.727. The summed E-state index contributed by atoms with van der Waals surface area (Å²) in [6, 6.07) is 6.22. The van der Waals surface area contributed by atoms with Crippen LogP contribution in [0.4, 0.5) is 0 Å². The SMILES string of the molecule is CCC(C)NS(=O)(=O)c1cccc(C(=O)NCC23CC4CC(CC(C4)C2)C3)c1. The topological polar surface area (TPSA) is 75.3 Å². The summed E-state index contributed by atoms with van der Waals surface area (Å²) in [6.45, 7) is 4.48. The van der Waals surface area contributed by atoms with E-state index in [1.807, 2.05) is 13.8 Å². The Kier molecular flexibility index (Phi) is 5.29. The normalized spacial score (nSPS) is 32.3. The second kappa shape index (κ2) is 7.45. The number of carbonyl (C=O) groups is 1. The predicted octanol–water partition coefficient (Wildman–Crippen LogP) is 3.71. The molecule has 0 spiro atoms. The Morgan fingerprint density at radius 3 is 2.32 bits per heavy atom. The van der Waals surface area contributed by atoms with E-state index in [1.54, 1.807) is 18.2 Å². The molecule has 1 atom stereocenters. The van der Waals surface area contributed by atoms with Crippen molar-refractivity contribution in [2.24, 2.45) is 23.2 Å². The molecule has 4 aliphatic rings. The number of hydrogen-bond acceptors (Lipinski definition) is 3. The number of benzene rings is 1. The molecule has 28 heavy (non-hydrogen) atoms. The molecule has 154 valence electrons. The summed E-state index contributed by atoms with van der Waals surface area (Å²) in [5, 5.41) is 3.13. The van der Waals surface area contributed by atoms with Crippen LogP contribution in [0.15, 0.2) is 29.2 Å². The van der Waals surface area contributed by atoms with Crippen LogP contribution in [0, 0.1) is 23.2 Å². The molecule has 0 heterocycles. The highest BCUT2D eigenvalue weighted by Crippen LogP contribution is 2.59. The van der Waals surface area contributed by atoms with Crippen LogP contribution < -0.4 is 10.0 Å². The molecule has 6 heteroatoms. The Balaban J connectivity index is 1.43. The maximum absolute atomic E-state index is 12.8. The zero-order valence-corrected chi connectivity index (χ0v) is 17.7. The minimum atomic E-state index is -3.61. The van der Waals surface area contributed by atoms with Crippen molar-refractivity contribution >= 4 is 15.9 Å². The lowest BCUT2D eigenvalue weighted by molar-refractivity contribution is -0.0503. The average molecular weight is 405 g/mol. The number of hydrogen-bond donors (Lipinski definition) is 2. The Hall–Kier alpha value is -1.40. The van der Waals surface area contributed by atoms with Crippen LogP contribution in [-0.2, 0) is 10.0 Å². The molecule has 5 rings (SSSR count). The molecule has 0 saturated heterocycles. The van der Waals surface area contributed by atoms with Crippen LogP contribution in [0.25, 0.3) is 0 Å². The molecule has 1 unspecified atom stereocenters. The molecular formula is C22H32N2O3S. The van der Waals surface area contributed by atoms with Crippen molar-refractivity contribution in [1.29, 1.82) is 0 Å². The molecule has 1 amide bonds. The fourth-order valence-corrected chi connectivity index (χ4v) is 7.47. The first kappa shape index (κ1) is 19.9. The number of carbonyl (C=O) groups excluding carboxylic acids is 1. The summed E-state index contributed by atoms with van der Waals surface area (Å²) in [4.78, 5) is 12.9. The van der Waals surface area contributed by atoms with Crippen LogP contribution in [0.2, 0.25) is 0 Å². The van der Waals surface area contributed by atoms with Gasteiger partial charge in [0, 0.05) is 18.2 Å². The van der Waals surface area contributed by atoms with Crippen LogP contribution in [0.5, 0.6) is 0 Å². The lowest BCUT2D eigenvalue weighted by Gasteiger charge is -2.56. The largest absolute Gasteiger partial charge is 0.351 e. The fraction of sp³-hybridized carbons (Fsp3) is 0.682. The molecule has 4 bridgehead atoms. The highest BCUT2D eigenvalue weighted by Gasteiger charge is 2.50. The van der Waals surface area contributed by atoms with E-state index >= 15 is 0 Å². The molecule has 4 fully saturated rings. The van der Waals surface area contributed by atoms with Crippen molar-refractivity contribution < 1.29 is 13.2 Å². The van der Waals surface area contributed by atoms with E-state index in [0.29, 0.717) is 12.0 Å². The summed E-state index contributed by atoms with van der Waals surface area (Å²) in [7, 11) is -3.61. The second-order valence-electron chi connectivity index (χ2n) is 9.56. The first-order chi connectivity index (χ1) is 13.3. The van der Waals surface area contributed by atoms with Crippen LogP contribution in [-0.4, -0.2) is 26.9 Å². The van der Waals surface area contributed by atoms with Crippen molar-refractivity contribution in [2.75, 3.05) is 6.54 Å². The molecule has 5 nitrogen and oxygen atoms in total. The summed E-state index contributed by atoms with van der Waals surface area (Å²) in [6.07, 6.45) is 8.60. The molecule has 1 aromatic rings. The van der Waals surface area contributed by atoms with Gasteiger partial charge in [-0.1, -0.05) is 13.0 Å². The van der Waals surface area contributed by atoms with Gasteiger partial charge < -0.3 is 5.32 Å². The van der Waals surface area contributed by atoms with Crippen molar-refractivity contribution in [3.63, 3.8) is 0 Å². The van der Waals surface area contributed by atoms with Gasteiger partial charge >= 0.3 is 0 Å². The van der Waals surface area contributed by atoms with Gasteiger partial charge in [-0.3, -0.25) is 4.79 Å². The zero-order chi connectivity index (χ0) is 19.9. The van der Waals surface area contributed by atoms with Gasteiger partial charge in [0.2, 0.25) is 10.0 Å². The minimum Gasteiger partial charge on any atom is -0.351 e. The molecule has 2 N–H and O–H groups in total. The minimum absolute atomic E-state index is 0.140. The van der Waals surface area contributed by atoms with Crippen LogP contribution in [0.1, 0.15) is 69.2 Å². The maximum atomic E-state index is 12.8. The van der Waals surface area contributed by atoms with Crippen LogP contribution >= 0.6 is 0 Å². The van der Waals surface area contributed by atoms with Gasteiger partial charge in [-0.15, -0.1) is 0 Å². The summed E-state index contributed by atoms with van der Waals surface area (Å²) in [5.41, 5.74) is 0.684. The summed E-state index contributed by atoms with van der Waals surface area (Å²) in [5.74, 6) is 2.38. The fourth-order valence-electron chi connectivity index (χ4n) is 6.10. The lowest BCUT2D eigenvalue weighted by atomic mass is 9.49. The maximum Gasteiger partial charge on any atom is 0.251 e. The molecule has 4 aliphatic carbocycles. The Labute approximate surface area is 168 Å². The molecule has 0 aromatic heterocycles. The summed E-state index contributed by atoms with van der Waals surface area (Å²) < 4.78 is 27.7. The van der Waals surface area contributed by atoms with Gasteiger partial charge in [0.05, 0.1) is 4.90 Å². The molecule has 0 radical (unpaired) electrons. The third kappa shape index (κ3) is 3.99. The van der Waals surface area contributed by atoms with Crippen LogP contribution in [0.3, 0.4) is 0 Å². The van der Waals surface area contributed by atoms with Gasteiger partial charge in [-0.2, -0.15) is 0 Å². The average Bonchev–Trinajstić information content (AvgIpc) is 2.65. The monoisotopic (exact) mass is 404 g/mol. The molecule has 4 saturated carbocycles. The van der Waals surface area contributed by atoms with E-state index in [9.17, 15) is 13.2 Å². The smallest absolute Gasteiger partial charge is 0.251 e. The van der Waals surface area contributed by atoms with E-state index in [1.165, 1.54) is 44.6 Å². The van der Waals surface area contributed by atoms with E-state index in [-0.39, 0.29) is 22.3 Å². The van der Waals surface area contributed by atoms with Gasteiger partial charge in [-0.25, -0.2) is 13.1 Å². The predicted molar refractivity (Wildman–Crippen MR) is 109 cm³/mol. The van der Waals surface area contributed by atoms with Gasteiger partial charge in [0.25, 0.3) is 5.91 Å². The highest BCUT2D eigenvalue weighted by molar-refractivity contribution is 7.89. The highest BCUT2D eigenvalue weighted by atomic mass is 32.2. The van der Waals surface area contributed by atoms with E-state index in [4.69, 9.17) is 0 Å². The third-order valence-electron chi connectivity index (χ3n) is 7.16. The first-order valence-corrected chi connectivity index (χ1v) is 12.2. The Morgan fingerprint density at radius 1 is 1.14 bits per heavy atom. The zero-order valence-electron chi connectivity index (χ0n) is 16.9. The third-order valence-corrected chi connectivity index (χ3v) is 8.75. The van der Waals surface area contributed by atoms with Crippen molar-refractivity contribution in [3.8, 4) is 0 Å². The first-order valence-electron chi connectivity index (χ1n) is 10.7. The van der Waals surface area contributed by atoms with E-state index in [0.717, 1.165) is 24.3 Å². The standard InChI is InChI=1S/C22H32N2O3S/c1-3-15(2)24-28(26,27)20-6-4-5-19(10-20)21(25)23-14-22-11-16-7-17(12-22)9-18(8-16)13-22/h4-6,10,15-18,24H,3,7-9,11-14H2,1-2H3,(H,23,25). The lowest BCUT2D eigenvalue weighted by Crippen LogP contribution is -2.51. The van der Waals surface area contributed by atoms with E-state index < -0.39 is 10.0 Å². The van der Waals surface area contributed by atoms with Crippen molar-refractivity contribution in [1.82, 2.24) is 10.0 Å². The number of nitrogens with one attached hydrogen (secondary N) is 2. The Bertz CT molecular complexity index is 814. The summed E-state index contributed by atoms with van der Waals surface area (Å²) >= 11 is 0. The number of sulfonamides is 1.